The Kier molecular flexibility index (Phi) is 5.07. The number of fused-ring (bicyclic) bond motifs is 2. The van der Waals surface area contributed by atoms with E-state index in [2.05, 4.69) is 61.1 Å². The number of aliphatic hydroxyl groups is 1. The quantitative estimate of drug-likeness (QED) is 0.428. The first-order chi connectivity index (χ1) is 14.9. The maximum absolute atomic E-state index is 10.8. The van der Waals surface area contributed by atoms with Gasteiger partial charge in [-0.1, -0.05) is 72.3 Å². The molecule has 32 heavy (non-hydrogen) atoms. The zero-order valence-corrected chi connectivity index (χ0v) is 22.2. The molecule has 0 aromatic heterocycles. The van der Waals surface area contributed by atoms with E-state index in [0.29, 0.717) is 27.6 Å². The van der Waals surface area contributed by atoms with E-state index in [1.165, 1.54) is 63.4 Å². The second-order valence-corrected chi connectivity index (χ2v) is 14.4. The summed E-state index contributed by atoms with van der Waals surface area (Å²) < 4.78 is 0. The molecule has 0 saturated heterocycles. The third kappa shape index (κ3) is 2.67. The van der Waals surface area contributed by atoms with Crippen LogP contribution in [-0.4, -0.2) is 11.2 Å². The first-order valence-electron chi connectivity index (χ1n) is 13.9. The van der Waals surface area contributed by atoms with Crippen molar-refractivity contribution >= 4 is 0 Å². The average Bonchev–Trinajstić information content (AvgIpc) is 3.31. The van der Waals surface area contributed by atoms with Crippen molar-refractivity contribution in [3.63, 3.8) is 0 Å². The molecule has 0 aromatic rings. The van der Waals surface area contributed by atoms with Gasteiger partial charge in [0.1, 0.15) is 0 Å². The van der Waals surface area contributed by atoms with Gasteiger partial charge in [0.2, 0.25) is 0 Å². The molecular formula is C31H50O. The Morgan fingerprint density at radius 1 is 1.03 bits per heavy atom. The highest BCUT2D eigenvalue weighted by Crippen LogP contribution is 2.88. The molecule has 0 bridgehead atoms. The van der Waals surface area contributed by atoms with E-state index in [0.717, 1.165) is 24.2 Å². The van der Waals surface area contributed by atoms with Crippen molar-refractivity contribution in [1.29, 1.82) is 0 Å². The third-order valence-electron chi connectivity index (χ3n) is 12.9. The summed E-state index contributed by atoms with van der Waals surface area (Å²) in [5, 5.41) is 10.8. The lowest BCUT2D eigenvalue weighted by molar-refractivity contribution is -0.106. The van der Waals surface area contributed by atoms with Gasteiger partial charge >= 0.3 is 0 Å². The topological polar surface area (TPSA) is 20.2 Å². The van der Waals surface area contributed by atoms with Gasteiger partial charge < -0.3 is 5.11 Å². The van der Waals surface area contributed by atoms with Gasteiger partial charge in [-0.15, -0.1) is 0 Å². The Morgan fingerprint density at radius 3 is 2.44 bits per heavy atom. The Balaban J connectivity index is 1.42. The summed E-state index contributed by atoms with van der Waals surface area (Å²) in [7, 11) is 0. The number of hydrogen-bond donors (Lipinski definition) is 1. The van der Waals surface area contributed by atoms with Crippen molar-refractivity contribution in [2.75, 3.05) is 0 Å². The zero-order chi connectivity index (χ0) is 23.3. The molecule has 4 saturated carbocycles. The lowest BCUT2D eigenvalue weighted by Gasteiger charge is -2.61. The molecule has 2 spiro atoms. The van der Waals surface area contributed by atoms with Crippen molar-refractivity contribution in [2.45, 2.75) is 119 Å². The summed E-state index contributed by atoms with van der Waals surface area (Å²) in [6.45, 7) is 21.6. The van der Waals surface area contributed by atoms with Gasteiger partial charge in [-0.05, 0) is 110 Å². The number of allylic oxidation sites excluding steroid dienone is 2. The van der Waals surface area contributed by atoms with Crippen LogP contribution in [0, 0.1) is 50.7 Å². The number of aliphatic hydroxyl groups excluding tert-OH is 1. The minimum Gasteiger partial charge on any atom is -0.392 e. The Bertz CT molecular complexity index is 833. The van der Waals surface area contributed by atoms with E-state index in [-0.39, 0.29) is 11.5 Å². The fourth-order valence-corrected chi connectivity index (χ4v) is 10.4. The SMILES string of the molecule is C=C(CC[C@@H](C)[C@H]1CC[C@]2(C)[C@H]3CC=C4C(C)(C)[C@@H](O)CC[C@@]45C[C@@]35CC[C@@]12C)C(C)C. The molecule has 4 fully saturated rings. The van der Waals surface area contributed by atoms with Crippen LogP contribution in [0.5, 0.6) is 0 Å². The zero-order valence-electron chi connectivity index (χ0n) is 22.2. The van der Waals surface area contributed by atoms with Gasteiger partial charge in [-0.2, -0.15) is 0 Å². The van der Waals surface area contributed by atoms with Crippen LogP contribution >= 0.6 is 0 Å². The van der Waals surface area contributed by atoms with Crippen molar-refractivity contribution in [3.05, 3.63) is 23.8 Å². The second kappa shape index (κ2) is 6.99. The van der Waals surface area contributed by atoms with Gasteiger partial charge in [0.15, 0.2) is 0 Å². The minimum atomic E-state index is -0.157. The van der Waals surface area contributed by atoms with Crippen LogP contribution in [-0.2, 0) is 0 Å². The summed E-state index contributed by atoms with van der Waals surface area (Å²) in [6, 6.07) is 0. The normalized spacial score (nSPS) is 49.4. The first-order valence-corrected chi connectivity index (χ1v) is 13.9. The summed E-state index contributed by atoms with van der Waals surface area (Å²) in [6.07, 6.45) is 15.7. The van der Waals surface area contributed by atoms with Crippen LogP contribution in [0.3, 0.4) is 0 Å². The maximum Gasteiger partial charge on any atom is 0.0628 e. The second-order valence-electron chi connectivity index (χ2n) is 14.4. The van der Waals surface area contributed by atoms with Crippen LogP contribution in [0.15, 0.2) is 23.8 Å². The van der Waals surface area contributed by atoms with Crippen LogP contribution in [0.25, 0.3) is 0 Å². The summed E-state index contributed by atoms with van der Waals surface area (Å²) in [5.41, 5.74) is 5.01. The van der Waals surface area contributed by atoms with Crippen LogP contribution in [0.2, 0.25) is 0 Å². The van der Waals surface area contributed by atoms with Crippen molar-refractivity contribution in [2.24, 2.45) is 50.7 Å². The van der Waals surface area contributed by atoms with Crippen LogP contribution in [0.4, 0.5) is 0 Å². The fourth-order valence-electron chi connectivity index (χ4n) is 10.4. The van der Waals surface area contributed by atoms with Gasteiger partial charge in [0.25, 0.3) is 0 Å². The molecule has 8 atom stereocenters. The molecule has 5 aliphatic rings. The summed E-state index contributed by atoms with van der Waals surface area (Å²) >= 11 is 0. The van der Waals surface area contributed by atoms with Crippen molar-refractivity contribution in [1.82, 2.24) is 0 Å². The Morgan fingerprint density at radius 2 is 1.75 bits per heavy atom. The van der Waals surface area contributed by atoms with Crippen molar-refractivity contribution in [3.8, 4) is 0 Å². The molecule has 0 aromatic carbocycles. The molecule has 180 valence electrons. The van der Waals surface area contributed by atoms with Gasteiger partial charge in [-0.3, -0.25) is 0 Å². The highest BCUT2D eigenvalue weighted by Gasteiger charge is 2.80. The molecule has 0 aliphatic heterocycles. The molecule has 5 rings (SSSR count). The predicted octanol–water partition coefficient (Wildman–Crippen LogP) is 8.34. The molecule has 1 heteroatoms. The lowest BCUT2D eigenvalue weighted by atomic mass is 9.43. The molecule has 1 N–H and O–H groups in total. The lowest BCUT2D eigenvalue weighted by Crippen LogP contribution is -2.54. The average molecular weight is 439 g/mol. The van der Waals surface area contributed by atoms with Crippen LogP contribution < -0.4 is 0 Å². The van der Waals surface area contributed by atoms with E-state index < -0.39 is 0 Å². The van der Waals surface area contributed by atoms with Gasteiger partial charge in [0, 0.05) is 5.41 Å². The third-order valence-corrected chi connectivity index (χ3v) is 12.9. The molecule has 0 radical (unpaired) electrons. The number of hydrogen-bond acceptors (Lipinski definition) is 1. The maximum atomic E-state index is 10.8. The standard InChI is InChI=1S/C31H50O/c1-20(2)21(3)9-10-22(4)23-13-15-29(8)25-12-11-24-27(5,6)26(32)14-16-30(24)19-31(25,30)18-17-28(23,29)7/h11,20,22-23,25-26,32H,3,9-10,12-19H2,1-2,4-8H3/t22-,23-,25-,26+,28+,29-,30-,31+/m1/s1. The van der Waals surface area contributed by atoms with Gasteiger partial charge in [0.05, 0.1) is 6.10 Å². The first kappa shape index (κ1) is 23.2. The minimum absolute atomic E-state index is 0.0279. The highest BCUT2D eigenvalue weighted by molar-refractivity contribution is 5.44. The van der Waals surface area contributed by atoms with E-state index in [1.54, 1.807) is 5.57 Å². The van der Waals surface area contributed by atoms with Gasteiger partial charge in [-0.25, -0.2) is 0 Å². The number of rotatable bonds is 5. The molecule has 1 nitrogen and oxygen atoms in total. The van der Waals surface area contributed by atoms with E-state index >= 15 is 0 Å². The smallest absolute Gasteiger partial charge is 0.0628 e. The fraction of sp³-hybridized carbons (Fsp3) is 0.871. The highest BCUT2D eigenvalue weighted by atomic mass is 16.3. The van der Waals surface area contributed by atoms with Crippen LogP contribution in [0.1, 0.15) is 113 Å². The van der Waals surface area contributed by atoms with E-state index in [4.69, 9.17) is 0 Å². The van der Waals surface area contributed by atoms with E-state index in [9.17, 15) is 5.11 Å². The Hall–Kier alpha value is -0.560. The molecule has 0 heterocycles. The monoisotopic (exact) mass is 438 g/mol. The summed E-state index contributed by atoms with van der Waals surface area (Å²) in [4.78, 5) is 0. The summed E-state index contributed by atoms with van der Waals surface area (Å²) in [5.74, 6) is 3.15. The Labute approximate surface area is 198 Å². The predicted molar refractivity (Wildman–Crippen MR) is 135 cm³/mol. The van der Waals surface area contributed by atoms with E-state index in [1.807, 2.05) is 0 Å². The molecule has 0 unspecified atom stereocenters. The molecule has 0 amide bonds. The molecular weight excluding hydrogens is 388 g/mol. The molecule has 5 aliphatic carbocycles. The van der Waals surface area contributed by atoms with Crippen molar-refractivity contribution < 1.29 is 5.11 Å². The largest absolute Gasteiger partial charge is 0.392 e.